The number of nitrogens with two attached hydrogens (primary N) is 1. The zero-order chi connectivity index (χ0) is 13.1. The zero-order valence-electron chi connectivity index (χ0n) is 11.8. The van der Waals surface area contributed by atoms with Crippen LogP contribution in [0.15, 0.2) is 0 Å². The lowest BCUT2D eigenvalue weighted by molar-refractivity contribution is -0.130. The van der Waals surface area contributed by atoms with Gasteiger partial charge in [-0.3, -0.25) is 4.79 Å². The summed E-state index contributed by atoms with van der Waals surface area (Å²) in [7, 11) is 1.94. The summed E-state index contributed by atoms with van der Waals surface area (Å²) in [6.45, 7) is 7.43. The van der Waals surface area contributed by atoms with Gasteiger partial charge in [-0.05, 0) is 43.6 Å². The molecule has 3 heteroatoms. The summed E-state index contributed by atoms with van der Waals surface area (Å²) >= 11 is 0. The molecule has 0 aliphatic heterocycles. The predicted octanol–water partition coefficient (Wildman–Crippen LogP) is 2.40. The third-order valence-electron chi connectivity index (χ3n) is 3.93. The number of carbonyl (C=O) groups excluding carboxylic acids is 1. The molecule has 0 bridgehead atoms. The fraction of sp³-hybridized carbons (Fsp3) is 0.929. The third-order valence-corrected chi connectivity index (χ3v) is 3.93. The minimum absolute atomic E-state index is 0.248. The van der Waals surface area contributed by atoms with E-state index in [4.69, 9.17) is 5.73 Å². The van der Waals surface area contributed by atoms with E-state index in [1.807, 2.05) is 11.9 Å². The van der Waals surface area contributed by atoms with E-state index in [2.05, 4.69) is 20.8 Å². The highest BCUT2D eigenvalue weighted by atomic mass is 16.2. The summed E-state index contributed by atoms with van der Waals surface area (Å²) in [4.78, 5) is 13.9. The van der Waals surface area contributed by atoms with Crippen molar-refractivity contribution in [1.29, 1.82) is 0 Å². The van der Waals surface area contributed by atoms with Crippen molar-refractivity contribution in [2.75, 3.05) is 13.6 Å². The van der Waals surface area contributed by atoms with E-state index in [-0.39, 0.29) is 5.41 Å². The number of hydrogen-bond acceptors (Lipinski definition) is 2. The normalized spacial score (nSPS) is 17.9. The van der Waals surface area contributed by atoms with Crippen LogP contribution in [0.4, 0.5) is 0 Å². The first-order chi connectivity index (χ1) is 7.86. The molecule has 0 radical (unpaired) electrons. The highest BCUT2D eigenvalue weighted by molar-refractivity contribution is 5.76. The lowest BCUT2D eigenvalue weighted by Crippen LogP contribution is -2.30. The lowest BCUT2D eigenvalue weighted by atomic mass is 9.76. The predicted molar refractivity (Wildman–Crippen MR) is 71.6 cm³/mol. The van der Waals surface area contributed by atoms with Crippen molar-refractivity contribution in [2.24, 2.45) is 17.1 Å². The molecule has 0 aromatic carbocycles. The standard InChI is InChI=1S/C14H28N2O/c1-14(2,3)11(9-10-15)5-8-13(17)16(4)12-6-7-12/h11-12H,5-10,15H2,1-4H3. The minimum Gasteiger partial charge on any atom is -0.343 e. The maximum Gasteiger partial charge on any atom is 0.222 e. The molecule has 1 fully saturated rings. The third kappa shape index (κ3) is 4.66. The fourth-order valence-corrected chi connectivity index (χ4v) is 2.35. The second kappa shape index (κ2) is 5.85. The Morgan fingerprint density at radius 1 is 1.35 bits per heavy atom. The van der Waals surface area contributed by atoms with Gasteiger partial charge in [0.25, 0.3) is 0 Å². The number of amides is 1. The molecular formula is C14H28N2O. The smallest absolute Gasteiger partial charge is 0.222 e. The van der Waals surface area contributed by atoms with Gasteiger partial charge in [-0.2, -0.15) is 0 Å². The first-order valence-electron chi connectivity index (χ1n) is 6.82. The first-order valence-corrected chi connectivity index (χ1v) is 6.82. The van der Waals surface area contributed by atoms with E-state index in [1.165, 1.54) is 12.8 Å². The summed E-state index contributed by atoms with van der Waals surface area (Å²) in [5, 5.41) is 0. The maximum atomic E-state index is 12.0. The average molecular weight is 240 g/mol. The molecule has 1 aliphatic rings. The molecule has 0 aromatic rings. The van der Waals surface area contributed by atoms with E-state index in [0.29, 0.717) is 30.8 Å². The molecule has 2 N–H and O–H groups in total. The number of nitrogens with zero attached hydrogens (tertiary/aromatic N) is 1. The van der Waals surface area contributed by atoms with Crippen LogP contribution in [-0.4, -0.2) is 30.4 Å². The average Bonchev–Trinajstić information content (AvgIpc) is 3.04. The van der Waals surface area contributed by atoms with Crippen LogP contribution in [0, 0.1) is 11.3 Å². The van der Waals surface area contributed by atoms with Crippen molar-refractivity contribution in [3.8, 4) is 0 Å². The molecule has 1 rings (SSSR count). The van der Waals surface area contributed by atoms with Gasteiger partial charge in [0, 0.05) is 19.5 Å². The fourth-order valence-electron chi connectivity index (χ4n) is 2.35. The first kappa shape index (κ1) is 14.5. The van der Waals surface area contributed by atoms with E-state index in [1.54, 1.807) is 0 Å². The van der Waals surface area contributed by atoms with Crippen molar-refractivity contribution < 1.29 is 4.79 Å². The molecule has 1 atom stereocenters. The molecule has 1 amide bonds. The zero-order valence-corrected chi connectivity index (χ0v) is 11.8. The van der Waals surface area contributed by atoms with Crippen molar-refractivity contribution in [2.45, 2.75) is 58.9 Å². The van der Waals surface area contributed by atoms with Gasteiger partial charge >= 0.3 is 0 Å². The van der Waals surface area contributed by atoms with Crippen LogP contribution in [0.1, 0.15) is 52.9 Å². The molecule has 0 saturated heterocycles. The Bertz CT molecular complexity index is 253. The van der Waals surface area contributed by atoms with Crippen LogP contribution >= 0.6 is 0 Å². The molecule has 3 nitrogen and oxygen atoms in total. The Balaban J connectivity index is 2.37. The number of carbonyl (C=O) groups is 1. The molecule has 0 heterocycles. The van der Waals surface area contributed by atoms with Crippen LogP contribution in [0.5, 0.6) is 0 Å². The Kier molecular flexibility index (Phi) is 4.99. The van der Waals surface area contributed by atoms with Gasteiger partial charge in [0.2, 0.25) is 5.91 Å². The van der Waals surface area contributed by atoms with Crippen LogP contribution in [0.3, 0.4) is 0 Å². The molecule has 1 unspecified atom stereocenters. The van der Waals surface area contributed by atoms with E-state index in [0.717, 1.165) is 12.8 Å². The maximum absolute atomic E-state index is 12.0. The Labute approximate surface area is 106 Å². The van der Waals surface area contributed by atoms with E-state index >= 15 is 0 Å². The molecular weight excluding hydrogens is 212 g/mol. The monoisotopic (exact) mass is 240 g/mol. The summed E-state index contributed by atoms with van der Waals surface area (Å²) in [6.07, 6.45) is 5.04. The second-order valence-electron chi connectivity index (χ2n) is 6.41. The quantitative estimate of drug-likeness (QED) is 0.775. The Morgan fingerprint density at radius 3 is 2.35 bits per heavy atom. The molecule has 17 heavy (non-hydrogen) atoms. The van der Waals surface area contributed by atoms with Gasteiger partial charge in [-0.1, -0.05) is 20.8 Å². The highest BCUT2D eigenvalue weighted by Gasteiger charge is 2.30. The van der Waals surface area contributed by atoms with Crippen molar-refractivity contribution in [1.82, 2.24) is 4.90 Å². The molecule has 100 valence electrons. The molecule has 1 aliphatic carbocycles. The summed E-state index contributed by atoms with van der Waals surface area (Å²) in [6, 6.07) is 0.532. The summed E-state index contributed by atoms with van der Waals surface area (Å²) < 4.78 is 0. The summed E-state index contributed by atoms with van der Waals surface area (Å²) in [5.41, 5.74) is 5.90. The van der Waals surface area contributed by atoms with Gasteiger partial charge < -0.3 is 10.6 Å². The number of rotatable bonds is 6. The Hall–Kier alpha value is -0.570. The van der Waals surface area contributed by atoms with Crippen LogP contribution in [0.2, 0.25) is 0 Å². The van der Waals surface area contributed by atoms with Gasteiger partial charge in [-0.15, -0.1) is 0 Å². The van der Waals surface area contributed by atoms with E-state index < -0.39 is 0 Å². The largest absolute Gasteiger partial charge is 0.343 e. The van der Waals surface area contributed by atoms with Gasteiger partial charge in [0.05, 0.1) is 0 Å². The van der Waals surface area contributed by atoms with Crippen molar-refractivity contribution >= 4 is 5.91 Å². The Morgan fingerprint density at radius 2 is 1.94 bits per heavy atom. The highest BCUT2D eigenvalue weighted by Crippen LogP contribution is 2.33. The minimum atomic E-state index is 0.248. The van der Waals surface area contributed by atoms with Gasteiger partial charge in [-0.25, -0.2) is 0 Å². The summed E-state index contributed by atoms with van der Waals surface area (Å²) in [5.74, 6) is 0.850. The molecule has 0 aromatic heterocycles. The van der Waals surface area contributed by atoms with Crippen molar-refractivity contribution in [3.05, 3.63) is 0 Å². The molecule has 1 saturated carbocycles. The topological polar surface area (TPSA) is 46.3 Å². The molecule has 0 spiro atoms. The van der Waals surface area contributed by atoms with Crippen LogP contribution in [-0.2, 0) is 4.79 Å². The van der Waals surface area contributed by atoms with Gasteiger partial charge in [0.15, 0.2) is 0 Å². The SMILES string of the molecule is CN(C(=O)CCC(CCN)C(C)(C)C)C1CC1. The lowest BCUT2D eigenvalue weighted by Gasteiger charge is -2.31. The van der Waals surface area contributed by atoms with Crippen LogP contribution in [0.25, 0.3) is 0 Å². The van der Waals surface area contributed by atoms with E-state index in [9.17, 15) is 4.79 Å². The van der Waals surface area contributed by atoms with Gasteiger partial charge in [0.1, 0.15) is 0 Å². The van der Waals surface area contributed by atoms with Crippen LogP contribution < -0.4 is 5.73 Å². The van der Waals surface area contributed by atoms with Crippen molar-refractivity contribution in [3.63, 3.8) is 0 Å². The number of hydrogen-bond donors (Lipinski definition) is 1. The second-order valence-corrected chi connectivity index (χ2v) is 6.41.